The Morgan fingerprint density at radius 3 is 2.11 bits per heavy atom. The number of rotatable bonds is 7. The number of hydrogen-bond donors (Lipinski definition) is 0. The zero-order valence-corrected chi connectivity index (χ0v) is 15.7. The van der Waals surface area contributed by atoms with Crippen LogP contribution in [0.4, 0.5) is 0 Å². The van der Waals surface area contributed by atoms with Gasteiger partial charge >= 0.3 is 0 Å². The van der Waals surface area contributed by atoms with E-state index >= 15 is 0 Å². The number of benzene rings is 2. The van der Waals surface area contributed by atoms with Crippen LogP contribution in [0.1, 0.15) is 22.6 Å². The summed E-state index contributed by atoms with van der Waals surface area (Å²) in [7, 11) is 6.23. The molecule has 1 heterocycles. The van der Waals surface area contributed by atoms with Crippen LogP contribution >= 0.6 is 0 Å². The maximum Gasteiger partial charge on any atom is 0.231 e. The van der Waals surface area contributed by atoms with E-state index in [0.717, 1.165) is 11.1 Å². The summed E-state index contributed by atoms with van der Waals surface area (Å²) in [6.45, 7) is 0.501. The van der Waals surface area contributed by atoms with Crippen molar-refractivity contribution in [3.8, 4) is 34.8 Å². The van der Waals surface area contributed by atoms with E-state index in [2.05, 4.69) is 6.07 Å². The van der Waals surface area contributed by atoms with Gasteiger partial charge in [-0.3, -0.25) is 0 Å². The fourth-order valence-electron chi connectivity index (χ4n) is 3.14. The summed E-state index contributed by atoms with van der Waals surface area (Å²) in [6.07, 6.45) is 0. The Bertz CT molecular complexity index is 849. The summed E-state index contributed by atoms with van der Waals surface area (Å²) in [5.74, 6) is 2.12. The van der Waals surface area contributed by atoms with E-state index in [0.29, 0.717) is 40.9 Å². The van der Waals surface area contributed by atoms with Crippen molar-refractivity contribution in [1.29, 1.82) is 5.26 Å². The first-order valence-electron chi connectivity index (χ1n) is 8.27. The average molecular weight is 371 g/mol. The first-order chi connectivity index (χ1) is 13.2. The third-order valence-corrected chi connectivity index (χ3v) is 4.39. The Kier molecular flexibility index (Phi) is 5.57. The minimum absolute atomic E-state index is 0.159. The number of ether oxygens (including phenoxy) is 6. The standard InChI is InChI=1S/C20H21NO6/c1-22-10-13-7-16-17(27-11-26-16)8-14(13)15(9-21)12-5-18(23-2)20(25-4)19(6-12)24-3/h5-8,15H,10-11H2,1-4H3. The summed E-state index contributed by atoms with van der Waals surface area (Å²) >= 11 is 0. The molecule has 0 spiro atoms. The van der Waals surface area contributed by atoms with Gasteiger partial charge in [0.2, 0.25) is 12.5 Å². The van der Waals surface area contributed by atoms with Crippen molar-refractivity contribution in [2.75, 3.05) is 35.2 Å². The van der Waals surface area contributed by atoms with Crippen LogP contribution in [0.3, 0.4) is 0 Å². The number of nitrogens with zero attached hydrogens (tertiary/aromatic N) is 1. The van der Waals surface area contributed by atoms with Gasteiger partial charge in [-0.15, -0.1) is 0 Å². The fraction of sp³-hybridized carbons (Fsp3) is 0.350. The third-order valence-electron chi connectivity index (χ3n) is 4.39. The smallest absolute Gasteiger partial charge is 0.231 e. The number of nitriles is 1. The van der Waals surface area contributed by atoms with E-state index in [1.807, 2.05) is 12.1 Å². The molecular formula is C20H21NO6. The van der Waals surface area contributed by atoms with Gasteiger partial charge in [0.1, 0.15) is 0 Å². The highest BCUT2D eigenvalue weighted by Crippen LogP contribution is 2.43. The summed E-state index contributed by atoms with van der Waals surface area (Å²) in [5, 5.41) is 9.95. The average Bonchev–Trinajstić information content (AvgIpc) is 3.15. The molecule has 7 nitrogen and oxygen atoms in total. The van der Waals surface area contributed by atoms with Crippen LogP contribution in [0.25, 0.3) is 0 Å². The van der Waals surface area contributed by atoms with Crippen molar-refractivity contribution in [3.63, 3.8) is 0 Å². The molecule has 27 heavy (non-hydrogen) atoms. The van der Waals surface area contributed by atoms with E-state index in [-0.39, 0.29) is 6.79 Å². The summed E-state index contributed by atoms with van der Waals surface area (Å²) < 4.78 is 32.4. The molecule has 2 aromatic carbocycles. The molecule has 0 fully saturated rings. The second-order valence-corrected chi connectivity index (χ2v) is 5.86. The minimum atomic E-state index is -0.585. The van der Waals surface area contributed by atoms with Gasteiger partial charge in [-0.1, -0.05) is 0 Å². The Labute approximate surface area is 157 Å². The lowest BCUT2D eigenvalue weighted by Gasteiger charge is -2.19. The van der Waals surface area contributed by atoms with E-state index in [9.17, 15) is 5.26 Å². The van der Waals surface area contributed by atoms with Crippen molar-refractivity contribution >= 4 is 0 Å². The molecule has 0 saturated carbocycles. The predicted octanol–water partition coefficient (Wildman–Crippen LogP) is 3.24. The molecule has 1 unspecified atom stereocenters. The maximum absolute atomic E-state index is 9.95. The highest BCUT2D eigenvalue weighted by Gasteiger charge is 2.25. The molecule has 1 atom stereocenters. The van der Waals surface area contributed by atoms with Crippen molar-refractivity contribution in [2.45, 2.75) is 12.5 Å². The molecule has 1 aliphatic heterocycles. The molecule has 0 saturated heterocycles. The highest BCUT2D eigenvalue weighted by atomic mass is 16.7. The Morgan fingerprint density at radius 1 is 0.963 bits per heavy atom. The van der Waals surface area contributed by atoms with Crippen LogP contribution in [-0.4, -0.2) is 35.2 Å². The van der Waals surface area contributed by atoms with Crippen LogP contribution < -0.4 is 23.7 Å². The van der Waals surface area contributed by atoms with Crippen LogP contribution in [-0.2, 0) is 11.3 Å². The van der Waals surface area contributed by atoms with Crippen molar-refractivity contribution in [3.05, 3.63) is 41.0 Å². The van der Waals surface area contributed by atoms with Gasteiger partial charge in [0.15, 0.2) is 23.0 Å². The first-order valence-corrected chi connectivity index (χ1v) is 8.27. The zero-order chi connectivity index (χ0) is 19.4. The topological polar surface area (TPSA) is 79.2 Å². The molecular weight excluding hydrogens is 350 g/mol. The Hall–Kier alpha value is -3.11. The van der Waals surface area contributed by atoms with Gasteiger partial charge < -0.3 is 28.4 Å². The molecule has 0 N–H and O–H groups in total. The molecule has 0 bridgehead atoms. The molecule has 0 aromatic heterocycles. The van der Waals surface area contributed by atoms with Crippen LogP contribution in [0.5, 0.6) is 28.7 Å². The molecule has 142 valence electrons. The molecule has 1 aliphatic rings. The quantitative estimate of drug-likeness (QED) is 0.739. The van der Waals surface area contributed by atoms with Gasteiger partial charge in [-0.2, -0.15) is 5.26 Å². The van der Waals surface area contributed by atoms with E-state index in [4.69, 9.17) is 28.4 Å². The van der Waals surface area contributed by atoms with Gasteiger partial charge in [0.05, 0.1) is 39.9 Å². The molecule has 0 radical (unpaired) electrons. The lowest BCUT2D eigenvalue weighted by molar-refractivity contribution is 0.173. The van der Waals surface area contributed by atoms with E-state index < -0.39 is 5.92 Å². The zero-order valence-electron chi connectivity index (χ0n) is 15.7. The lowest BCUT2D eigenvalue weighted by Crippen LogP contribution is -2.06. The van der Waals surface area contributed by atoms with Gasteiger partial charge in [0.25, 0.3) is 0 Å². The summed E-state index contributed by atoms with van der Waals surface area (Å²) in [4.78, 5) is 0. The van der Waals surface area contributed by atoms with Crippen molar-refractivity contribution < 1.29 is 28.4 Å². The maximum atomic E-state index is 9.95. The molecule has 3 rings (SSSR count). The third kappa shape index (κ3) is 3.44. The van der Waals surface area contributed by atoms with Gasteiger partial charge in [-0.25, -0.2) is 0 Å². The highest BCUT2D eigenvalue weighted by molar-refractivity contribution is 5.59. The largest absolute Gasteiger partial charge is 0.493 e. The van der Waals surface area contributed by atoms with E-state index in [1.54, 1.807) is 33.5 Å². The number of fused-ring (bicyclic) bond motifs is 1. The minimum Gasteiger partial charge on any atom is -0.493 e. The van der Waals surface area contributed by atoms with Crippen LogP contribution in [0.2, 0.25) is 0 Å². The summed E-state index contributed by atoms with van der Waals surface area (Å²) in [5.41, 5.74) is 2.34. The van der Waals surface area contributed by atoms with Gasteiger partial charge in [-0.05, 0) is 41.0 Å². The van der Waals surface area contributed by atoms with Crippen LogP contribution in [0, 0.1) is 11.3 Å². The van der Waals surface area contributed by atoms with Gasteiger partial charge in [0, 0.05) is 7.11 Å². The first kappa shape index (κ1) is 18.7. The molecule has 0 aliphatic carbocycles. The monoisotopic (exact) mass is 371 g/mol. The molecule has 0 amide bonds. The Balaban J connectivity index is 2.15. The van der Waals surface area contributed by atoms with E-state index in [1.165, 1.54) is 7.11 Å². The van der Waals surface area contributed by atoms with Crippen LogP contribution in [0.15, 0.2) is 24.3 Å². The molecule has 7 heteroatoms. The predicted molar refractivity (Wildman–Crippen MR) is 96.8 cm³/mol. The number of hydrogen-bond acceptors (Lipinski definition) is 7. The SMILES string of the molecule is COCc1cc2c(cc1C(C#N)c1cc(OC)c(OC)c(OC)c1)OCO2. The second-order valence-electron chi connectivity index (χ2n) is 5.86. The normalized spacial score (nSPS) is 13.0. The van der Waals surface area contributed by atoms with Crippen molar-refractivity contribution in [2.24, 2.45) is 0 Å². The second kappa shape index (κ2) is 8.06. The van der Waals surface area contributed by atoms with Crippen molar-refractivity contribution in [1.82, 2.24) is 0 Å². The molecule has 2 aromatic rings. The Morgan fingerprint density at radius 2 is 1.59 bits per heavy atom. The number of methoxy groups -OCH3 is 4. The lowest BCUT2D eigenvalue weighted by atomic mass is 9.88. The fourth-order valence-corrected chi connectivity index (χ4v) is 3.14. The summed E-state index contributed by atoms with van der Waals surface area (Å²) in [6, 6.07) is 9.59.